The van der Waals surface area contributed by atoms with Crippen molar-refractivity contribution in [3.8, 4) is 5.88 Å². The van der Waals surface area contributed by atoms with Crippen molar-refractivity contribution in [2.75, 3.05) is 23.8 Å². The van der Waals surface area contributed by atoms with E-state index in [0.29, 0.717) is 11.9 Å². The molecule has 1 aliphatic rings. The highest BCUT2D eigenvalue weighted by atomic mass is 19.4. The van der Waals surface area contributed by atoms with Gasteiger partial charge < -0.3 is 15.4 Å². The summed E-state index contributed by atoms with van der Waals surface area (Å²) >= 11 is 0. The van der Waals surface area contributed by atoms with E-state index in [4.69, 9.17) is 0 Å². The Labute approximate surface area is 152 Å². The molecule has 1 aliphatic carbocycles. The third-order valence-corrected chi connectivity index (χ3v) is 3.96. The Balaban J connectivity index is 1.64. The number of anilines is 2. The summed E-state index contributed by atoms with van der Waals surface area (Å²) in [4.78, 5) is 27.8. The number of halogens is 3. The molecule has 144 valence electrons. The molecule has 1 fully saturated rings. The molecular formula is C16H17F3N6O2. The number of nitrogens with zero attached hydrogens (tertiary/aromatic N) is 4. The van der Waals surface area contributed by atoms with Gasteiger partial charge in [-0.25, -0.2) is 15.0 Å². The summed E-state index contributed by atoms with van der Waals surface area (Å²) in [6, 6.07) is 1.39. The molecular weight excluding hydrogens is 365 g/mol. The fourth-order valence-corrected chi connectivity index (χ4v) is 2.36. The molecule has 2 N–H and O–H groups in total. The van der Waals surface area contributed by atoms with Gasteiger partial charge in [-0.15, -0.1) is 0 Å². The van der Waals surface area contributed by atoms with Crippen molar-refractivity contribution >= 4 is 17.5 Å². The van der Waals surface area contributed by atoms with Crippen LogP contribution in [0.15, 0.2) is 24.8 Å². The smallest absolute Gasteiger partial charge is 0.422 e. The largest absolute Gasteiger partial charge is 0.466 e. The predicted octanol–water partition coefficient (Wildman–Crippen LogP) is 2.67. The minimum atomic E-state index is -4.53. The quantitative estimate of drug-likeness (QED) is 0.759. The molecule has 0 aromatic carbocycles. The van der Waals surface area contributed by atoms with Crippen LogP contribution in [0, 0.1) is 5.92 Å². The second-order valence-corrected chi connectivity index (χ2v) is 6.04. The minimum Gasteiger partial charge on any atom is -0.466 e. The Hall–Kier alpha value is -2.98. The van der Waals surface area contributed by atoms with Crippen LogP contribution in [0.3, 0.4) is 0 Å². The number of carbonyl (C=O) groups is 1. The lowest BCUT2D eigenvalue weighted by Gasteiger charge is -2.25. The highest BCUT2D eigenvalue weighted by Gasteiger charge is 2.29. The average Bonchev–Trinajstić information content (AvgIpc) is 2.59. The Bertz CT molecular complexity index is 798. The Morgan fingerprint density at radius 2 is 2.11 bits per heavy atom. The standard InChI is InChI=1S/C16H17F3N6O2/c17-16(18,19)8-27-14-12(7-20-9-23-14)24-13(26)11-4-5-21-15(25-11)22-6-10-2-1-3-10/h4-5,7,9-10H,1-3,6,8H2,(H,24,26)(H,21,22,25). The van der Waals surface area contributed by atoms with Crippen LogP contribution in [-0.4, -0.2) is 45.2 Å². The minimum absolute atomic E-state index is 0.0479. The molecule has 1 saturated carbocycles. The van der Waals surface area contributed by atoms with E-state index in [9.17, 15) is 18.0 Å². The van der Waals surface area contributed by atoms with Crippen LogP contribution < -0.4 is 15.4 Å². The molecule has 0 unspecified atom stereocenters. The van der Waals surface area contributed by atoms with Gasteiger partial charge in [-0.3, -0.25) is 4.79 Å². The van der Waals surface area contributed by atoms with Gasteiger partial charge >= 0.3 is 6.18 Å². The molecule has 2 aromatic heterocycles. The number of nitrogens with one attached hydrogen (secondary N) is 2. The number of ether oxygens (including phenoxy) is 1. The van der Waals surface area contributed by atoms with E-state index in [1.54, 1.807) is 0 Å². The Morgan fingerprint density at radius 3 is 2.81 bits per heavy atom. The lowest BCUT2D eigenvalue weighted by molar-refractivity contribution is -0.153. The van der Waals surface area contributed by atoms with Gasteiger partial charge in [0, 0.05) is 12.7 Å². The summed E-state index contributed by atoms with van der Waals surface area (Å²) in [5.74, 6) is -0.128. The van der Waals surface area contributed by atoms with Crippen molar-refractivity contribution in [3.05, 3.63) is 30.5 Å². The van der Waals surface area contributed by atoms with Crippen LogP contribution in [0.5, 0.6) is 5.88 Å². The van der Waals surface area contributed by atoms with Gasteiger partial charge in [-0.1, -0.05) is 6.42 Å². The zero-order valence-electron chi connectivity index (χ0n) is 14.2. The summed E-state index contributed by atoms with van der Waals surface area (Å²) in [7, 11) is 0. The molecule has 0 saturated heterocycles. The maximum absolute atomic E-state index is 12.4. The van der Waals surface area contributed by atoms with E-state index in [2.05, 4.69) is 35.3 Å². The van der Waals surface area contributed by atoms with Crippen molar-refractivity contribution in [1.82, 2.24) is 19.9 Å². The van der Waals surface area contributed by atoms with E-state index in [1.807, 2.05) is 0 Å². The Morgan fingerprint density at radius 1 is 1.30 bits per heavy atom. The number of hydrogen-bond donors (Lipinski definition) is 2. The molecule has 0 bridgehead atoms. The number of amides is 1. The van der Waals surface area contributed by atoms with Gasteiger partial charge in [0.25, 0.3) is 5.91 Å². The van der Waals surface area contributed by atoms with E-state index in [0.717, 1.165) is 31.9 Å². The monoisotopic (exact) mass is 382 g/mol. The first-order valence-corrected chi connectivity index (χ1v) is 8.28. The molecule has 1 amide bonds. The SMILES string of the molecule is O=C(Nc1cncnc1OCC(F)(F)F)c1ccnc(NCC2CCC2)n1. The lowest BCUT2D eigenvalue weighted by atomic mass is 9.85. The van der Waals surface area contributed by atoms with Crippen LogP contribution in [0.2, 0.25) is 0 Å². The van der Waals surface area contributed by atoms with Crippen molar-refractivity contribution in [2.45, 2.75) is 25.4 Å². The summed E-state index contributed by atoms with van der Waals surface area (Å²) < 4.78 is 41.6. The molecule has 0 atom stereocenters. The maximum Gasteiger partial charge on any atom is 0.422 e. The van der Waals surface area contributed by atoms with E-state index < -0.39 is 18.7 Å². The first-order valence-electron chi connectivity index (χ1n) is 8.28. The summed E-state index contributed by atoms with van der Waals surface area (Å²) in [6.07, 6.45) is 2.59. The molecule has 27 heavy (non-hydrogen) atoms. The fourth-order valence-electron chi connectivity index (χ4n) is 2.36. The second kappa shape index (κ2) is 8.14. The van der Waals surface area contributed by atoms with Crippen LogP contribution in [0.4, 0.5) is 24.8 Å². The number of aromatic nitrogens is 4. The number of carbonyl (C=O) groups excluding carboxylic acids is 1. The molecule has 0 radical (unpaired) electrons. The van der Waals surface area contributed by atoms with Crippen LogP contribution in [0.25, 0.3) is 0 Å². The molecule has 2 heterocycles. The van der Waals surface area contributed by atoms with E-state index in [-0.39, 0.29) is 17.3 Å². The van der Waals surface area contributed by atoms with Gasteiger partial charge in [-0.2, -0.15) is 18.2 Å². The normalized spacial score (nSPS) is 14.3. The third kappa shape index (κ3) is 5.50. The van der Waals surface area contributed by atoms with Gasteiger partial charge in [0.1, 0.15) is 17.7 Å². The van der Waals surface area contributed by atoms with Gasteiger partial charge in [0.15, 0.2) is 6.61 Å². The van der Waals surface area contributed by atoms with E-state index >= 15 is 0 Å². The van der Waals surface area contributed by atoms with Crippen LogP contribution in [0.1, 0.15) is 29.8 Å². The molecule has 0 aliphatic heterocycles. The van der Waals surface area contributed by atoms with Crippen molar-refractivity contribution in [2.24, 2.45) is 5.92 Å². The van der Waals surface area contributed by atoms with Gasteiger partial charge in [0.05, 0.1) is 6.20 Å². The zero-order valence-corrected chi connectivity index (χ0v) is 14.2. The number of alkyl halides is 3. The summed E-state index contributed by atoms with van der Waals surface area (Å²) in [5.41, 5.74) is -0.0407. The van der Waals surface area contributed by atoms with Gasteiger partial charge in [-0.05, 0) is 24.8 Å². The highest BCUT2D eigenvalue weighted by Crippen LogP contribution is 2.26. The Kier molecular flexibility index (Phi) is 5.67. The van der Waals surface area contributed by atoms with Crippen molar-refractivity contribution < 1.29 is 22.7 Å². The molecule has 2 aromatic rings. The predicted molar refractivity (Wildman–Crippen MR) is 89.4 cm³/mol. The molecule has 3 rings (SSSR count). The lowest BCUT2D eigenvalue weighted by Crippen LogP contribution is -2.23. The highest BCUT2D eigenvalue weighted by molar-refractivity contribution is 6.03. The fraction of sp³-hybridized carbons (Fsp3) is 0.438. The zero-order chi connectivity index (χ0) is 19.3. The first kappa shape index (κ1) is 18.8. The van der Waals surface area contributed by atoms with Crippen LogP contribution >= 0.6 is 0 Å². The topological polar surface area (TPSA) is 102 Å². The van der Waals surface area contributed by atoms with E-state index in [1.165, 1.54) is 18.7 Å². The summed E-state index contributed by atoms with van der Waals surface area (Å²) in [5, 5.41) is 5.48. The second-order valence-electron chi connectivity index (χ2n) is 6.04. The summed E-state index contributed by atoms with van der Waals surface area (Å²) in [6.45, 7) is -0.803. The molecule has 11 heteroatoms. The molecule has 0 spiro atoms. The van der Waals surface area contributed by atoms with Gasteiger partial charge in [0.2, 0.25) is 11.8 Å². The average molecular weight is 382 g/mol. The maximum atomic E-state index is 12.4. The number of rotatable bonds is 7. The molecule has 8 nitrogen and oxygen atoms in total. The van der Waals surface area contributed by atoms with Crippen molar-refractivity contribution in [3.63, 3.8) is 0 Å². The number of hydrogen-bond acceptors (Lipinski definition) is 7. The first-order chi connectivity index (χ1) is 12.9. The third-order valence-electron chi connectivity index (χ3n) is 3.96. The van der Waals surface area contributed by atoms with Crippen LogP contribution in [-0.2, 0) is 0 Å². The van der Waals surface area contributed by atoms with Crippen molar-refractivity contribution in [1.29, 1.82) is 0 Å².